The number of nitrogens with one attached hydrogen (secondary N) is 1. The summed E-state index contributed by atoms with van der Waals surface area (Å²) in [6.45, 7) is 5.40. The Balaban J connectivity index is 2.22. The van der Waals surface area contributed by atoms with Gasteiger partial charge in [0.2, 0.25) is 10.0 Å². The molecule has 1 N–H and O–H groups in total. The van der Waals surface area contributed by atoms with Crippen LogP contribution in [0.1, 0.15) is 6.92 Å². The highest BCUT2D eigenvalue weighted by Crippen LogP contribution is 2.02. The van der Waals surface area contributed by atoms with Gasteiger partial charge in [0.05, 0.1) is 12.9 Å². The first-order chi connectivity index (χ1) is 8.48. The van der Waals surface area contributed by atoms with Gasteiger partial charge >= 0.3 is 6.09 Å². The molecule has 0 unspecified atom stereocenters. The molecule has 1 saturated heterocycles. The van der Waals surface area contributed by atoms with Gasteiger partial charge in [0.25, 0.3) is 0 Å². The zero-order valence-electron chi connectivity index (χ0n) is 10.9. The molecule has 0 saturated carbocycles. The number of sulfonamides is 1. The van der Waals surface area contributed by atoms with E-state index in [-0.39, 0.29) is 11.8 Å². The molecule has 106 valence electrons. The minimum atomic E-state index is -3.11. The van der Waals surface area contributed by atoms with Gasteiger partial charge in [0.15, 0.2) is 0 Å². The molecule has 1 heterocycles. The molecule has 1 fully saturated rings. The summed E-state index contributed by atoms with van der Waals surface area (Å²) in [6.07, 6.45) is -0.304. The van der Waals surface area contributed by atoms with Crippen molar-refractivity contribution in [1.82, 2.24) is 14.5 Å². The number of hydrogen-bond donors (Lipinski definition) is 1. The molecule has 0 bridgehead atoms. The van der Waals surface area contributed by atoms with Crippen LogP contribution in [0.15, 0.2) is 0 Å². The fourth-order valence-corrected chi connectivity index (χ4v) is 2.35. The topological polar surface area (TPSA) is 79.0 Å². The van der Waals surface area contributed by atoms with Crippen molar-refractivity contribution in [2.45, 2.75) is 6.92 Å². The second kappa shape index (κ2) is 6.91. The predicted octanol–water partition coefficient (Wildman–Crippen LogP) is -0.690. The number of methoxy groups -OCH3 is 1. The number of piperazine rings is 1. The highest BCUT2D eigenvalue weighted by Gasteiger charge is 2.21. The second-order valence-electron chi connectivity index (χ2n) is 4.10. The molecular weight excluding hydrogens is 258 g/mol. The van der Waals surface area contributed by atoms with Crippen molar-refractivity contribution in [2.75, 3.05) is 52.1 Å². The van der Waals surface area contributed by atoms with Crippen molar-refractivity contribution in [2.24, 2.45) is 0 Å². The number of carbonyl (C=O) groups is 1. The van der Waals surface area contributed by atoms with Crippen LogP contribution in [0.25, 0.3) is 0 Å². The number of amides is 1. The maximum absolute atomic E-state index is 11.3. The highest BCUT2D eigenvalue weighted by molar-refractivity contribution is 7.89. The lowest BCUT2D eigenvalue weighted by atomic mass is 10.3. The molecule has 0 aromatic carbocycles. The van der Waals surface area contributed by atoms with Crippen LogP contribution in [0.4, 0.5) is 4.79 Å². The summed E-state index contributed by atoms with van der Waals surface area (Å²) < 4.78 is 29.6. The second-order valence-corrected chi connectivity index (χ2v) is 6.19. The van der Waals surface area contributed by atoms with Crippen molar-refractivity contribution < 1.29 is 17.9 Å². The number of carbonyl (C=O) groups excluding carboxylic acids is 1. The van der Waals surface area contributed by atoms with Crippen LogP contribution in [0.2, 0.25) is 0 Å². The van der Waals surface area contributed by atoms with Gasteiger partial charge in [-0.2, -0.15) is 0 Å². The summed E-state index contributed by atoms with van der Waals surface area (Å²) >= 11 is 0. The summed E-state index contributed by atoms with van der Waals surface area (Å²) in [7, 11) is -1.74. The summed E-state index contributed by atoms with van der Waals surface area (Å²) in [4.78, 5) is 15.0. The van der Waals surface area contributed by atoms with Gasteiger partial charge in [-0.3, -0.25) is 4.90 Å². The van der Waals surface area contributed by atoms with Crippen molar-refractivity contribution in [3.8, 4) is 0 Å². The van der Waals surface area contributed by atoms with Crippen LogP contribution >= 0.6 is 0 Å². The number of rotatable bonds is 5. The van der Waals surface area contributed by atoms with E-state index in [1.54, 1.807) is 11.8 Å². The third-order valence-electron chi connectivity index (χ3n) is 2.94. The summed E-state index contributed by atoms with van der Waals surface area (Å²) in [5, 5.41) is 0. The van der Waals surface area contributed by atoms with E-state index in [1.165, 1.54) is 7.11 Å². The lowest BCUT2D eigenvalue weighted by Crippen LogP contribution is -2.50. The van der Waals surface area contributed by atoms with Gasteiger partial charge in [-0.15, -0.1) is 0 Å². The normalized spacial score (nSPS) is 17.8. The molecule has 0 atom stereocenters. The third kappa shape index (κ3) is 4.79. The number of ether oxygens (including phenoxy) is 1. The molecular formula is C10H21N3O4S. The molecule has 7 nitrogen and oxygen atoms in total. The van der Waals surface area contributed by atoms with Gasteiger partial charge in [0, 0.05) is 39.3 Å². The molecule has 0 radical (unpaired) electrons. The Labute approximate surface area is 108 Å². The Morgan fingerprint density at radius 3 is 2.39 bits per heavy atom. The first-order valence-corrected chi connectivity index (χ1v) is 7.66. The average molecular weight is 279 g/mol. The molecule has 18 heavy (non-hydrogen) atoms. The maximum Gasteiger partial charge on any atom is 0.409 e. The monoisotopic (exact) mass is 279 g/mol. The van der Waals surface area contributed by atoms with Crippen LogP contribution in [0.5, 0.6) is 0 Å². The Morgan fingerprint density at radius 1 is 1.28 bits per heavy atom. The van der Waals surface area contributed by atoms with Crippen molar-refractivity contribution in [1.29, 1.82) is 0 Å². The van der Waals surface area contributed by atoms with Crippen LogP contribution in [-0.4, -0.2) is 76.4 Å². The van der Waals surface area contributed by atoms with Crippen LogP contribution in [-0.2, 0) is 14.8 Å². The third-order valence-corrected chi connectivity index (χ3v) is 4.34. The van der Waals surface area contributed by atoms with Gasteiger partial charge < -0.3 is 9.64 Å². The summed E-state index contributed by atoms with van der Waals surface area (Å²) in [5.41, 5.74) is 0. The zero-order valence-corrected chi connectivity index (χ0v) is 11.7. The SMILES string of the molecule is CCS(=O)(=O)NCCN1CCN(C(=O)OC)CC1. The highest BCUT2D eigenvalue weighted by atomic mass is 32.2. The smallest absolute Gasteiger partial charge is 0.409 e. The van der Waals surface area contributed by atoms with Crippen molar-refractivity contribution in [3.05, 3.63) is 0 Å². The minimum Gasteiger partial charge on any atom is -0.453 e. The summed E-state index contributed by atoms with van der Waals surface area (Å²) in [5.74, 6) is 0.100. The molecule has 1 rings (SSSR count). The molecule has 1 aliphatic rings. The Bertz CT molecular complexity index is 363. The standard InChI is InChI=1S/C10H21N3O4S/c1-3-18(15,16)11-4-5-12-6-8-13(9-7-12)10(14)17-2/h11H,3-9H2,1-2H3. The van der Waals surface area contributed by atoms with Crippen molar-refractivity contribution >= 4 is 16.1 Å². The lowest BCUT2D eigenvalue weighted by molar-refractivity contribution is 0.0918. The largest absolute Gasteiger partial charge is 0.453 e. The quantitative estimate of drug-likeness (QED) is 0.720. The maximum atomic E-state index is 11.3. The van der Waals surface area contributed by atoms with E-state index in [2.05, 4.69) is 14.4 Å². The minimum absolute atomic E-state index is 0.100. The van der Waals surface area contributed by atoms with E-state index < -0.39 is 10.0 Å². The first-order valence-electron chi connectivity index (χ1n) is 6.01. The molecule has 0 aromatic rings. The van der Waals surface area contributed by atoms with E-state index in [9.17, 15) is 13.2 Å². The zero-order chi connectivity index (χ0) is 13.6. The fourth-order valence-electron chi connectivity index (χ4n) is 1.74. The lowest BCUT2D eigenvalue weighted by Gasteiger charge is -2.33. The molecule has 8 heteroatoms. The van der Waals surface area contributed by atoms with E-state index in [0.717, 1.165) is 13.1 Å². The van der Waals surface area contributed by atoms with Crippen molar-refractivity contribution in [3.63, 3.8) is 0 Å². The molecule has 0 spiro atoms. The summed E-state index contributed by atoms with van der Waals surface area (Å²) in [6, 6.07) is 0. The van der Waals surface area contributed by atoms with Gasteiger partial charge in [-0.1, -0.05) is 0 Å². The molecule has 0 aromatic heterocycles. The number of hydrogen-bond acceptors (Lipinski definition) is 5. The van der Waals surface area contributed by atoms with Crippen LogP contribution in [0, 0.1) is 0 Å². The average Bonchev–Trinajstić information content (AvgIpc) is 2.38. The Hall–Kier alpha value is -0.860. The molecule has 0 aliphatic carbocycles. The van der Waals surface area contributed by atoms with E-state index in [4.69, 9.17) is 0 Å². The van der Waals surface area contributed by atoms with E-state index >= 15 is 0 Å². The number of nitrogens with zero attached hydrogens (tertiary/aromatic N) is 2. The van der Waals surface area contributed by atoms with E-state index in [0.29, 0.717) is 26.2 Å². The van der Waals surface area contributed by atoms with Gasteiger partial charge in [0.1, 0.15) is 0 Å². The fraction of sp³-hybridized carbons (Fsp3) is 0.900. The van der Waals surface area contributed by atoms with Gasteiger partial charge in [-0.05, 0) is 6.92 Å². The first kappa shape index (κ1) is 15.2. The predicted molar refractivity (Wildman–Crippen MR) is 67.9 cm³/mol. The molecule has 1 aliphatic heterocycles. The van der Waals surface area contributed by atoms with Gasteiger partial charge in [-0.25, -0.2) is 17.9 Å². The van der Waals surface area contributed by atoms with Crippen LogP contribution in [0.3, 0.4) is 0 Å². The Kier molecular flexibility index (Phi) is 5.83. The molecule has 1 amide bonds. The Morgan fingerprint density at radius 2 is 1.89 bits per heavy atom. The van der Waals surface area contributed by atoms with Crippen LogP contribution < -0.4 is 4.72 Å². The van der Waals surface area contributed by atoms with E-state index in [1.807, 2.05) is 0 Å².